The molecule has 2 atom stereocenters. The maximum Gasteiger partial charge on any atom is 0.164 e. The van der Waals surface area contributed by atoms with Crippen LogP contribution in [0.15, 0.2) is 425 Å². The Balaban J connectivity index is 0.560. The average molecular weight is 1500 g/mol. The standard InChI is InChI=1S/C112H72N6/c1-7-29-73(30-8-1)105-113-107(117-109(115-105)95-47-23-19-41-85(95)79-61-63-89-87-43-25-27-49-99(87)111(101(89)69-79,81-33-11-3-12-34-81)82-35-13-4-14-36-82)75-55-51-71(52-56-75)77-59-65-93-97(67-77)103-91-45-21-22-46-92(91)104(93)98-68-78(60-66-94(98)103)72-53-57-76(58-54-72)108-114-106(74-31-9-2-10-32-74)116-110(118-108)96-48-24-20-42-86(96)80-62-64-90-88-44-26-28-50-100(88)112(102(90)70-80,83-37-15-5-16-38-83)84-39-17-6-18-40-84/h1-70,103-104H. The first-order chi connectivity index (χ1) is 58.5. The van der Waals surface area contributed by atoms with Crippen LogP contribution in [0.25, 0.3) is 135 Å². The van der Waals surface area contributed by atoms with Gasteiger partial charge in [-0.1, -0.05) is 400 Å². The minimum absolute atomic E-state index is 0.0621. The molecule has 118 heavy (non-hydrogen) atoms. The van der Waals surface area contributed by atoms with E-state index in [4.69, 9.17) is 29.9 Å². The molecule has 0 N–H and O–H groups in total. The Bertz CT molecular complexity index is 6640. The van der Waals surface area contributed by atoms with Gasteiger partial charge in [-0.15, -0.1) is 0 Å². The fourth-order valence-corrected chi connectivity index (χ4v) is 20.0. The minimum atomic E-state index is -0.548. The zero-order valence-corrected chi connectivity index (χ0v) is 64.3. The van der Waals surface area contributed by atoms with Crippen molar-refractivity contribution in [2.24, 2.45) is 0 Å². The SMILES string of the molecule is c1ccc(-c2nc(-c3ccc(-c4ccc5c(c4)C4c6ccccc6C5c5cc(-c6ccc(-c7nc(-c8ccccc8)nc(-c8ccccc8-c8ccc9c(c8)C(c8ccccc8)(c8ccccc8)c8ccccc8-9)n7)cc6)ccc54)cc3)nc(-c3ccccc3-c3ccc4c(c3)C(c3ccccc3)(c3ccccc3)c3ccccc3-4)n2)cc1. The maximum atomic E-state index is 5.42. The minimum Gasteiger partial charge on any atom is -0.208 e. The first-order valence-electron chi connectivity index (χ1n) is 40.6. The van der Waals surface area contributed by atoms with Gasteiger partial charge >= 0.3 is 0 Å². The van der Waals surface area contributed by atoms with Crippen LogP contribution in [0.2, 0.25) is 0 Å². The quantitative estimate of drug-likeness (QED) is 0.108. The Kier molecular flexibility index (Phi) is 16.1. The lowest BCUT2D eigenvalue weighted by Gasteiger charge is -2.42. The van der Waals surface area contributed by atoms with Gasteiger partial charge in [-0.25, -0.2) is 29.9 Å². The molecule has 0 aliphatic heterocycles. The van der Waals surface area contributed by atoms with Crippen molar-refractivity contribution in [2.45, 2.75) is 22.7 Å². The van der Waals surface area contributed by atoms with Gasteiger partial charge in [0.05, 0.1) is 10.8 Å². The van der Waals surface area contributed by atoms with E-state index in [9.17, 15) is 0 Å². The number of benzene rings is 17. The molecule has 24 rings (SSSR count). The predicted octanol–water partition coefficient (Wildman–Crippen LogP) is 26.4. The number of hydrogen-bond donors (Lipinski definition) is 0. The maximum absolute atomic E-state index is 5.42. The topological polar surface area (TPSA) is 77.3 Å². The van der Waals surface area contributed by atoms with Crippen LogP contribution in [0.3, 0.4) is 0 Å². The number of rotatable bonds is 14. The van der Waals surface area contributed by atoms with Crippen LogP contribution in [-0.4, -0.2) is 29.9 Å². The molecule has 2 aromatic heterocycles. The second kappa shape index (κ2) is 27.8. The van der Waals surface area contributed by atoms with E-state index in [1.165, 1.54) is 100 Å². The van der Waals surface area contributed by atoms with Crippen molar-refractivity contribution in [3.63, 3.8) is 0 Å². The lowest BCUT2D eigenvalue weighted by atomic mass is 9.60. The summed E-state index contributed by atoms with van der Waals surface area (Å²) >= 11 is 0. The van der Waals surface area contributed by atoms with Crippen LogP contribution in [-0.2, 0) is 10.8 Å². The van der Waals surface area contributed by atoms with Crippen molar-refractivity contribution < 1.29 is 0 Å². The highest BCUT2D eigenvalue weighted by Crippen LogP contribution is 2.61. The highest BCUT2D eigenvalue weighted by atomic mass is 15.0. The van der Waals surface area contributed by atoms with E-state index < -0.39 is 10.8 Å². The Morgan fingerprint density at radius 2 is 0.390 bits per heavy atom. The molecule has 2 unspecified atom stereocenters. The van der Waals surface area contributed by atoms with Crippen molar-refractivity contribution in [3.05, 3.63) is 503 Å². The molecule has 0 amide bonds. The monoisotopic (exact) mass is 1500 g/mol. The Morgan fingerprint density at radius 1 is 0.144 bits per heavy atom. The summed E-state index contributed by atoms with van der Waals surface area (Å²) in [5.74, 6) is 3.78. The second-order valence-electron chi connectivity index (χ2n) is 31.3. The zero-order chi connectivity index (χ0) is 77.8. The van der Waals surface area contributed by atoms with Gasteiger partial charge in [0.2, 0.25) is 0 Å². The highest BCUT2D eigenvalue weighted by molar-refractivity contribution is 5.93. The van der Waals surface area contributed by atoms with Crippen molar-refractivity contribution in [3.8, 4) is 135 Å². The van der Waals surface area contributed by atoms with E-state index in [0.29, 0.717) is 34.9 Å². The molecule has 2 bridgehead atoms. The molecule has 0 saturated carbocycles. The molecular weight excluding hydrogens is 1430 g/mol. The molecule has 0 fully saturated rings. The second-order valence-corrected chi connectivity index (χ2v) is 31.3. The van der Waals surface area contributed by atoms with Gasteiger partial charge in [0.25, 0.3) is 0 Å². The number of nitrogens with zero attached hydrogens (tertiary/aromatic N) is 6. The largest absolute Gasteiger partial charge is 0.208 e. The summed E-state index contributed by atoms with van der Waals surface area (Å²) in [7, 11) is 0. The van der Waals surface area contributed by atoms with Gasteiger partial charge in [-0.05, 0) is 169 Å². The van der Waals surface area contributed by atoms with Crippen LogP contribution in [0.5, 0.6) is 0 Å². The van der Waals surface area contributed by atoms with Crippen molar-refractivity contribution >= 4 is 0 Å². The summed E-state index contributed by atoms with van der Waals surface area (Å²) in [6.45, 7) is 0. The number of aromatic nitrogens is 6. The van der Waals surface area contributed by atoms with Gasteiger partial charge in [-0.2, -0.15) is 0 Å². The van der Waals surface area contributed by atoms with E-state index in [0.717, 1.165) is 77.9 Å². The first kappa shape index (κ1) is 68.4. The van der Waals surface area contributed by atoms with Crippen LogP contribution < -0.4 is 0 Å². The Labute approximate surface area is 685 Å². The number of hydrogen-bond acceptors (Lipinski definition) is 6. The van der Waals surface area contributed by atoms with Crippen molar-refractivity contribution in [1.29, 1.82) is 0 Å². The summed E-state index contributed by atoms with van der Waals surface area (Å²) in [6.07, 6.45) is 0. The van der Waals surface area contributed by atoms with Crippen LogP contribution in [0.1, 0.15) is 89.7 Å². The van der Waals surface area contributed by atoms with E-state index >= 15 is 0 Å². The molecule has 0 saturated heterocycles. The molecule has 2 heterocycles. The third-order valence-corrected chi connectivity index (χ3v) is 25.2. The molecule has 5 aliphatic rings. The lowest BCUT2D eigenvalue weighted by molar-refractivity contribution is 0.755. The summed E-state index contributed by atoms with van der Waals surface area (Å²) in [5, 5.41) is 0. The van der Waals surface area contributed by atoms with Crippen molar-refractivity contribution in [1.82, 2.24) is 29.9 Å². The van der Waals surface area contributed by atoms with E-state index in [1.807, 2.05) is 36.4 Å². The summed E-state index contributed by atoms with van der Waals surface area (Å²) in [5.41, 5.74) is 36.3. The van der Waals surface area contributed by atoms with Gasteiger partial charge in [0, 0.05) is 45.2 Å². The molecule has 5 aliphatic carbocycles. The molecule has 550 valence electrons. The summed E-state index contributed by atoms with van der Waals surface area (Å²) in [6, 6.07) is 154. The fourth-order valence-electron chi connectivity index (χ4n) is 20.0. The average Bonchev–Trinajstić information content (AvgIpc) is 1.51. The molecule has 19 aromatic rings. The molecule has 0 radical (unpaired) electrons. The third kappa shape index (κ3) is 10.9. The van der Waals surface area contributed by atoms with Gasteiger partial charge in [0.15, 0.2) is 34.9 Å². The Hall–Kier alpha value is -15.2. The summed E-state index contributed by atoms with van der Waals surface area (Å²) in [4.78, 5) is 32.0. The van der Waals surface area contributed by atoms with E-state index in [1.54, 1.807) is 0 Å². The van der Waals surface area contributed by atoms with Gasteiger partial charge < -0.3 is 0 Å². The fraction of sp³-hybridized carbons (Fsp3) is 0.0357. The molecule has 6 heteroatoms. The van der Waals surface area contributed by atoms with Gasteiger partial charge in [-0.3, -0.25) is 0 Å². The summed E-state index contributed by atoms with van der Waals surface area (Å²) < 4.78 is 0. The molecule has 0 spiro atoms. The van der Waals surface area contributed by atoms with Crippen molar-refractivity contribution in [2.75, 3.05) is 0 Å². The van der Waals surface area contributed by atoms with Gasteiger partial charge in [0.1, 0.15) is 0 Å². The molecule has 17 aromatic carbocycles. The lowest BCUT2D eigenvalue weighted by Crippen LogP contribution is -2.28. The predicted molar refractivity (Wildman–Crippen MR) is 477 cm³/mol. The van der Waals surface area contributed by atoms with E-state index in [-0.39, 0.29) is 11.8 Å². The highest BCUT2D eigenvalue weighted by Gasteiger charge is 2.49. The molecular formula is C112H72N6. The normalized spacial score (nSPS) is 14.4. The van der Waals surface area contributed by atoms with Crippen LogP contribution >= 0.6 is 0 Å². The van der Waals surface area contributed by atoms with Crippen LogP contribution in [0, 0.1) is 0 Å². The van der Waals surface area contributed by atoms with E-state index in [2.05, 4.69) is 388 Å². The number of fused-ring (bicyclic) bond motifs is 6. The zero-order valence-electron chi connectivity index (χ0n) is 64.3. The van der Waals surface area contributed by atoms with Crippen LogP contribution in [0.4, 0.5) is 0 Å². The third-order valence-electron chi connectivity index (χ3n) is 25.2. The Morgan fingerprint density at radius 3 is 0.746 bits per heavy atom. The molecule has 6 nitrogen and oxygen atoms in total. The smallest absolute Gasteiger partial charge is 0.164 e. The first-order valence-corrected chi connectivity index (χ1v) is 40.6.